The lowest BCUT2D eigenvalue weighted by Crippen LogP contribution is -2.41. The Labute approximate surface area is 93.0 Å². The fraction of sp³-hybridized carbons (Fsp3) is 0.455. The zero-order chi connectivity index (χ0) is 11.8. The molecule has 5 nitrogen and oxygen atoms in total. The maximum absolute atomic E-state index is 10.6. The molecule has 1 fully saturated rings. The molecule has 0 amide bonds. The van der Waals surface area contributed by atoms with Gasteiger partial charge in [0.25, 0.3) is 0 Å². The molecule has 1 saturated carbocycles. The maximum atomic E-state index is 10.6. The predicted octanol–water partition coefficient (Wildman–Crippen LogP) is 1.68. The van der Waals surface area contributed by atoms with Crippen LogP contribution in [0, 0.1) is 10.1 Å². The first-order chi connectivity index (χ1) is 7.59. The highest BCUT2D eigenvalue weighted by molar-refractivity contribution is 5.49. The van der Waals surface area contributed by atoms with Crippen LogP contribution in [0.1, 0.15) is 24.8 Å². The molecule has 0 saturated heterocycles. The molecule has 1 aliphatic rings. The first-order valence-electron chi connectivity index (χ1n) is 5.27. The number of nitrogens with two attached hydrogens (primary N) is 1. The van der Waals surface area contributed by atoms with Crippen molar-refractivity contribution in [3.63, 3.8) is 0 Å². The number of hydrogen-bond acceptors (Lipinski definition) is 4. The Kier molecular flexibility index (Phi) is 2.55. The first kappa shape index (κ1) is 10.9. The van der Waals surface area contributed by atoms with Crippen LogP contribution in [-0.2, 0) is 5.41 Å². The summed E-state index contributed by atoms with van der Waals surface area (Å²) in [6.45, 7) is 0.518. The Bertz CT molecular complexity index is 422. The third-order valence-corrected chi connectivity index (χ3v) is 3.49. The topological polar surface area (TPSA) is 89.4 Å². The molecule has 16 heavy (non-hydrogen) atoms. The number of nitrogens with zero attached hydrogens (tertiary/aromatic N) is 1. The molecule has 0 bridgehead atoms. The summed E-state index contributed by atoms with van der Waals surface area (Å²) in [6.07, 6.45) is 3.09. The Morgan fingerprint density at radius 3 is 2.56 bits per heavy atom. The molecule has 0 heterocycles. The van der Waals surface area contributed by atoms with Crippen molar-refractivity contribution >= 4 is 5.69 Å². The van der Waals surface area contributed by atoms with Gasteiger partial charge in [-0.1, -0.05) is 12.5 Å². The van der Waals surface area contributed by atoms with Gasteiger partial charge in [0.2, 0.25) is 0 Å². The van der Waals surface area contributed by atoms with Gasteiger partial charge in [-0.2, -0.15) is 0 Å². The summed E-state index contributed by atoms with van der Waals surface area (Å²) in [6, 6.07) is 4.52. The van der Waals surface area contributed by atoms with Crippen LogP contribution in [0.4, 0.5) is 5.69 Å². The summed E-state index contributed by atoms with van der Waals surface area (Å²) in [5.74, 6) is -0.276. The van der Waals surface area contributed by atoms with Gasteiger partial charge >= 0.3 is 5.69 Å². The van der Waals surface area contributed by atoms with E-state index in [0.717, 1.165) is 24.8 Å². The first-order valence-corrected chi connectivity index (χ1v) is 5.27. The number of nitro groups is 1. The predicted molar refractivity (Wildman–Crippen MR) is 59.3 cm³/mol. The van der Waals surface area contributed by atoms with Crippen LogP contribution in [0.3, 0.4) is 0 Å². The summed E-state index contributed by atoms with van der Waals surface area (Å²) in [7, 11) is 0. The van der Waals surface area contributed by atoms with Gasteiger partial charge in [-0.05, 0) is 24.5 Å². The Morgan fingerprint density at radius 2 is 2.19 bits per heavy atom. The molecule has 0 aliphatic heterocycles. The second-order valence-corrected chi connectivity index (χ2v) is 4.30. The van der Waals surface area contributed by atoms with E-state index in [-0.39, 0.29) is 16.9 Å². The van der Waals surface area contributed by atoms with Gasteiger partial charge in [0.1, 0.15) is 0 Å². The number of hydrogen-bond donors (Lipinski definition) is 2. The summed E-state index contributed by atoms with van der Waals surface area (Å²) < 4.78 is 0. The van der Waals surface area contributed by atoms with Crippen LogP contribution in [0.5, 0.6) is 5.75 Å². The molecule has 0 aromatic heterocycles. The van der Waals surface area contributed by atoms with Crippen LogP contribution < -0.4 is 5.73 Å². The van der Waals surface area contributed by atoms with Crippen LogP contribution in [0.25, 0.3) is 0 Å². The van der Waals surface area contributed by atoms with E-state index < -0.39 is 4.92 Å². The highest BCUT2D eigenvalue weighted by Crippen LogP contribution is 2.44. The van der Waals surface area contributed by atoms with E-state index in [1.54, 1.807) is 6.07 Å². The quantitative estimate of drug-likeness (QED) is 0.601. The zero-order valence-corrected chi connectivity index (χ0v) is 8.85. The van der Waals surface area contributed by atoms with Gasteiger partial charge in [0, 0.05) is 18.0 Å². The second-order valence-electron chi connectivity index (χ2n) is 4.30. The fourth-order valence-electron chi connectivity index (χ4n) is 2.22. The van der Waals surface area contributed by atoms with Crippen molar-refractivity contribution in [2.24, 2.45) is 5.73 Å². The van der Waals surface area contributed by atoms with Gasteiger partial charge in [-0.15, -0.1) is 0 Å². The van der Waals surface area contributed by atoms with E-state index in [4.69, 9.17) is 5.73 Å². The summed E-state index contributed by atoms with van der Waals surface area (Å²) in [5, 5.41) is 20.1. The van der Waals surface area contributed by atoms with Crippen molar-refractivity contribution in [2.75, 3.05) is 6.54 Å². The fourth-order valence-corrected chi connectivity index (χ4v) is 2.22. The largest absolute Gasteiger partial charge is 0.502 e. The molecule has 1 aliphatic carbocycles. The molecule has 1 aromatic carbocycles. The van der Waals surface area contributed by atoms with E-state index in [1.807, 2.05) is 0 Å². The summed E-state index contributed by atoms with van der Waals surface area (Å²) >= 11 is 0. The summed E-state index contributed by atoms with van der Waals surface area (Å²) in [4.78, 5) is 9.97. The molecule has 5 heteroatoms. The third kappa shape index (κ3) is 1.53. The highest BCUT2D eigenvalue weighted by Gasteiger charge is 2.38. The molecule has 1 aromatic rings. The van der Waals surface area contributed by atoms with Crippen molar-refractivity contribution < 1.29 is 10.0 Å². The molecule has 0 unspecified atom stereocenters. The number of nitro benzene ring substituents is 1. The van der Waals surface area contributed by atoms with E-state index in [0.29, 0.717) is 6.54 Å². The molecule has 3 N–H and O–H groups in total. The molecule has 0 radical (unpaired) electrons. The van der Waals surface area contributed by atoms with Crippen molar-refractivity contribution in [1.29, 1.82) is 0 Å². The zero-order valence-electron chi connectivity index (χ0n) is 8.85. The van der Waals surface area contributed by atoms with E-state index in [2.05, 4.69) is 0 Å². The minimum absolute atomic E-state index is 0.0768. The van der Waals surface area contributed by atoms with Gasteiger partial charge in [0.05, 0.1) is 4.92 Å². The van der Waals surface area contributed by atoms with Crippen LogP contribution in [-0.4, -0.2) is 16.6 Å². The Morgan fingerprint density at radius 1 is 1.50 bits per heavy atom. The van der Waals surface area contributed by atoms with Crippen LogP contribution in [0.2, 0.25) is 0 Å². The average Bonchev–Trinajstić information content (AvgIpc) is 2.16. The highest BCUT2D eigenvalue weighted by atomic mass is 16.6. The van der Waals surface area contributed by atoms with Crippen molar-refractivity contribution in [2.45, 2.75) is 24.7 Å². The lowest BCUT2D eigenvalue weighted by atomic mass is 9.64. The number of phenolic OH excluding ortho intramolecular Hbond substituents is 1. The number of phenols is 1. The van der Waals surface area contributed by atoms with Crippen molar-refractivity contribution in [3.8, 4) is 5.75 Å². The summed E-state index contributed by atoms with van der Waals surface area (Å²) in [5.41, 5.74) is 6.31. The minimum atomic E-state index is -0.588. The molecule has 0 atom stereocenters. The van der Waals surface area contributed by atoms with E-state index >= 15 is 0 Å². The molecular weight excluding hydrogens is 208 g/mol. The molecular formula is C11H14N2O3. The second kappa shape index (κ2) is 3.75. The van der Waals surface area contributed by atoms with Crippen LogP contribution >= 0.6 is 0 Å². The van der Waals surface area contributed by atoms with Crippen molar-refractivity contribution in [1.82, 2.24) is 0 Å². The third-order valence-electron chi connectivity index (χ3n) is 3.49. The number of benzene rings is 1. The van der Waals surface area contributed by atoms with Gasteiger partial charge in [-0.3, -0.25) is 10.1 Å². The normalized spacial score (nSPS) is 17.8. The number of rotatable bonds is 3. The maximum Gasteiger partial charge on any atom is 0.310 e. The van der Waals surface area contributed by atoms with E-state index in [9.17, 15) is 15.2 Å². The molecule has 0 spiro atoms. The monoisotopic (exact) mass is 222 g/mol. The standard InChI is InChI=1S/C11H14N2O3/c12-7-11(4-1-5-11)8-2-3-9(13(15)16)10(14)6-8/h2-3,6,14H,1,4-5,7,12H2. The lowest BCUT2D eigenvalue weighted by Gasteiger charge is -2.41. The van der Waals surface area contributed by atoms with Gasteiger partial charge < -0.3 is 10.8 Å². The van der Waals surface area contributed by atoms with Crippen LogP contribution in [0.15, 0.2) is 18.2 Å². The van der Waals surface area contributed by atoms with Gasteiger partial charge in [-0.25, -0.2) is 0 Å². The lowest BCUT2D eigenvalue weighted by molar-refractivity contribution is -0.385. The van der Waals surface area contributed by atoms with E-state index in [1.165, 1.54) is 12.1 Å². The Hall–Kier alpha value is -1.62. The van der Waals surface area contributed by atoms with Gasteiger partial charge in [0.15, 0.2) is 5.75 Å². The number of aromatic hydroxyl groups is 1. The van der Waals surface area contributed by atoms with Crippen molar-refractivity contribution in [3.05, 3.63) is 33.9 Å². The molecule has 86 valence electrons. The smallest absolute Gasteiger partial charge is 0.310 e. The minimum Gasteiger partial charge on any atom is -0.502 e. The Balaban J connectivity index is 2.37. The average molecular weight is 222 g/mol. The SMILES string of the molecule is NCC1(c2ccc([N+](=O)[O-])c(O)c2)CCC1. The molecule has 2 rings (SSSR count).